The minimum absolute atomic E-state index is 0.117. The number of benzene rings is 2. The number of hydrogen-bond acceptors (Lipinski definition) is 3. The molecule has 0 bridgehead atoms. The second-order valence-corrected chi connectivity index (χ2v) is 9.30. The number of nitrogens with zero attached hydrogens (tertiary/aromatic N) is 3. The van der Waals surface area contributed by atoms with E-state index in [1.54, 1.807) is 23.2 Å². The molecule has 0 aliphatic carbocycles. The fourth-order valence-electron chi connectivity index (χ4n) is 3.91. The summed E-state index contributed by atoms with van der Waals surface area (Å²) in [4.78, 5) is 25.9. The largest absolute Gasteiger partial charge is 0.444 e. The maximum Gasteiger partial charge on any atom is 0.410 e. The van der Waals surface area contributed by atoms with Crippen LogP contribution in [0.3, 0.4) is 0 Å². The number of imidazole rings is 1. The zero-order valence-corrected chi connectivity index (χ0v) is 19.1. The molecule has 0 spiro atoms. The van der Waals surface area contributed by atoms with Crippen molar-refractivity contribution < 1.29 is 9.53 Å². The molecule has 4 rings (SSSR count). The molecule has 0 unspecified atom stereocenters. The third-order valence-electron chi connectivity index (χ3n) is 5.38. The van der Waals surface area contributed by atoms with E-state index in [9.17, 15) is 4.79 Å². The quantitative estimate of drug-likeness (QED) is 0.438. The van der Waals surface area contributed by atoms with E-state index in [1.165, 1.54) is 0 Å². The number of hydrogen-bond donors (Lipinski definition) is 1. The monoisotopic (exact) mass is 448 g/mol. The molecule has 2 aromatic carbocycles. The molecule has 7 heteroatoms. The molecule has 0 saturated carbocycles. The number of amides is 1. The molecule has 6 nitrogen and oxygen atoms in total. The van der Waals surface area contributed by atoms with Crippen molar-refractivity contribution in [1.29, 1.82) is 0 Å². The van der Waals surface area contributed by atoms with Crippen molar-refractivity contribution in [3.8, 4) is 22.4 Å². The summed E-state index contributed by atoms with van der Waals surface area (Å²) in [6.45, 7) is 13.7. The molecule has 1 fully saturated rings. The number of ether oxygens (including phenoxy) is 1. The van der Waals surface area contributed by atoms with E-state index in [4.69, 9.17) is 22.9 Å². The van der Waals surface area contributed by atoms with Gasteiger partial charge in [-0.25, -0.2) is 14.6 Å². The zero-order valence-electron chi connectivity index (χ0n) is 18.4. The minimum Gasteiger partial charge on any atom is -0.444 e. The van der Waals surface area contributed by atoms with Crippen LogP contribution in [-0.2, 0) is 4.74 Å². The van der Waals surface area contributed by atoms with Gasteiger partial charge in [-0.3, -0.25) is 4.90 Å². The number of carbonyl (C=O) groups excluding carboxylic acids is 1. The Labute approximate surface area is 193 Å². The standard InChI is InChI=1S/C25H25ClN4O2/c1-25(2,3)32-24(31)30-13-5-6-22(30)23-28-15-21(29-23)17-9-7-16(8-10-17)19-12-11-18(26)14-20(19)27-4/h7-12,14-15,22H,5-6,13H2,1-3H3,(H,28,29)/t22-/m0/s1. The lowest BCUT2D eigenvalue weighted by atomic mass is 10.0. The SMILES string of the molecule is [C-]#[N+]c1cc(Cl)ccc1-c1ccc(-c2cnc([C@@H]3CCCN3C(=O)OC(C)(C)C)[nH]2)cc1. The first-order valence-corrected chi connectivity index (χ1v) is 11.0. The number of rotatable bonds is 3. The predicted octanol–water partition coefficient (Wildman–Crippen LogP) is 7.02. The molecule has 1 aliphatic rings. The molecular formula is C25H25ClN4O2. The molecule has 1 atom stereocenters. The number of halogens is 1. The van der Waals surface area contributed by atoms with Gasteiger partial charge < -0.3 is 9.72 Å². The average Bonchev–Trinajstić information content (AvgIpc) is 3.42. The van der Waals surface area contributed by atoms with Gasteiger partial charge in [0, 0.05) is 11.6 Å². The van der Waals surface area contributed by atoms with E-state index in [0.29, 0.717) is 17.3 Å². The molecular weight excluding hydrogens is 424 g/mol. The molecule has 2 heterocycles. The van der Waals surface area contributed by atoms with Crippen molar-refractivity contribution in [1.82, 2.24) is 14.9 Å². The molecule has 1 aliphatic heterocycles. The van der Waals surface area contributed by atoms with Gasteiger partial charge in [0.2, 0.25) is 0 Å². The number of nitrogens with one attached hydrogen (secondary N) is 1. The Morgan fingerprint density at radius 3 is 2.62 bits per heavy atom. The summed E-state index contributed by atoms with van der Waals surface area (Å²) in [7, 11) is 0. The molecule has 1 N–H and O–H groups in total. The van der Waals surface area contributed by atoms with Gasteiger partial charge in [0.05, 0.1) is 24.5 Å². The van der Waals surface area contributed by atoms with Crippen LogP contribution in [0.2, 0.25) is 5.02 Å². The van der Waals surface area contributed by atoms with Crippen LogP contribution >= 0.6 is 11.6 Å². The third-order valence-corrected chi connectivity index (χ3v) is 5.61. The third kappa shape index (κ3) is 4.63. The smallest absolute Gasteiger partial charge is 0.410 e. The van der Waals surface area contributed by atoms with E-state index in [0.717, 1.165) is 41.1 Å². The average molecular weight is 449 g/mol. The highest BCUT2D eigenvalue weighted by Crippen LogP contribution is 2.35. The van der Waals surface area contributed by atoms with Gasteiger partial charge in [-0.05, 0) is 62.4 Å². The van der Waals surface area contributed by atoms with E-state index in [2.05, 4.69) is 14.8 Å². The topological polar surface area (TPSA) is 62.6 Å². The van der Waals surface area contributed by atoms with Crippen LogP contribution in [0.15, 0.2) is 48.7 Å². The maximum absolute atomic E-state index is 12.6. The summed E-state index contributed by atoms with van der Waals surface area (Å²) in [6.07, 6.45) is 3.25. The molecule has 1 saturated heterocycles. The van der Waals surface area contributed by atoms with Crippen LogP contribution in [0.5, 0.6) is 0 Å². The van der Waals surface area contributed by atoms with Gasteiger partial charge in [0.1, 0.15) is 11.4 Å². The van der Waals surface area contributed by atoms with Gasteiger partial charge in [0.25, 0.3) is 0 Å². The van der Waals surface area contributed by atoms with Crippen LogP contribution in [0.25, 0.3) is 27.2 Å². The van der Waals surface area contributed by atoms with Crippen molar-refractivity contribution in [3.63, 3.8) is 0 Å². The minimum atomic E-state index is -0.530. The first-order valence-electron chi connectivity index (χ1n) is 10.6. The second-order valence-electron chi connectivity index (χ2n) is 8.86. The number of likely N-dealkylation sites (tertiary alicyclic amines) is 1. The van der Waals surface area contributed by atoms with Gasteiger partial charge in [-0.15, -0.1) is 0 Å². The number of aromatic amines is 1. The Morgan fingerprint density at radius 2 is 1.94 bits per heavy atom. The van der Waals surface area contributed by atoms with Crippen molar-refractivity contribution in [3.05, 3.63) is 70.9 Å². The van der Waals surface area contributed by atoms with Crippen molar-refractivity contribution >= 4 is 23.4 Å². The fourth-order valence-corrected chi connectivity index (χ4v) is 4.08. The fraction of sp³-hybridized carbons (Fsp3) is 0.320. The number of carbonyl (C=O) groups is 1. The maximum atomic E-state index is 12.6. The summed E-state index contributed by atoms with van der Waals surface area (Å²) in [5.74, 6) is 0.764. The van der Waals surface area contributed by atoms with Crippen LogP contribution in [0, 0.1) is 6.57 Å². The van der Waals surface area contributed by atoms with Crippen LogP contribution < -0.4 is 0 Å². The van der Waals surface area contributed by atoms with Crippen LogP contribution in [-0.4, -0.2) is 33.1 Å². The normalized spacial score (nSPS) is 16.1. The summed E-state index contributed by atoms with van der Waals surface area (Å²) in [6, 6.07) is 13.2. The number of H-pyrrole nitrogens is 1. The van der Waals surface area contributed by atoms with Gasteiger partial charge in [-0.2, -0.15) is 0 Å². The Kier molecular flexibility index (Phi) is 5.94. The molecule has 3 aromatic rings. The Bertz CT molecular complexity index is 1170. The van der Waals surface area contributed by atoms with Crippen molar-refractivity contribution in [2.45, 2.75) is 45.3 Å². The van der Waals surface area contributed by atoms with E-state index in [1.807, 2.05) is 51.1 Å². The van der Waals surface area contributed by atoms with Crippen LogP contribution in [0.1, 0.15) is 45.5 Å². The van der Waals surface area contributed by atoms with Crippen molar-refractivity contribution in [2.75, 3.05) is 6.54 Å². The zero-order chi connectivity index (χ0) is 22.9. The lowest BCUT2D eigenvalue weighted by Gasteiger charge is -2.27. The van der Waals surface area contributed by atoms with E-state index < -0.39 is 5.60 Å². The molecule has 1 amide bonds. The van der Waals surface area contributed by atoms with Gasteiger partial charge in [-0.1, -0.05) is 41.9 Å². The predicted molar refractivity (Wildman–Crippen MR) is 126 cm³/mol. The van der Waals surface area contributed by atoms with Gasteiger partial charge >= 0.3 is 6.09 Å². The number of aromatic nitrogens is 2. The highest BCUT2D eigenvalue weighted by molar-refractivity contribution is 6.31. The molecule has 1 aromatic heterocycles. The van der Waals surface area contributed by atoms with Gasteiger partial charge in [0.15, 0.2) is 5.69 Å². The van der Waals surface area contributed by atoms with Crippen molar-refractivity contribution in [2.24, 2.45) is 0 Å². The highest BCUT2D eigenvalue weighted by atomic mass is 35.5. The van der Waals surface area contributed by atoms with E-state index >= 15 is 0 Å². The Morgan fingerprint density at radius 1 is 1.22 bits per heavy atom. The molecule has 164 valence electrons. The second kappa shape index (κ2) is 8.68. The first-order chi connectivity index (χ1) is 15.2. The summed E-state index contributed by atoms with van der Waals surface area (Å²) < 4.78 is 5.56. The summed E-state index contributed by atoms with van der Waals surface area (Å²) in [5, 5.41) is 0.550. The van der Waals surface area contributed by atoms with E-state index in [-0.39, 0.29) is 12.1 Å². The summed E-state index contributed by atoms with van der Waals surface area (Å²) >= 11 is 6.02. The lowest BCUT2D eigenvalue weighted by molar-refractivity contribution is 0.0218. The summed E-state index contributed by atoms with van der Waals surface area (Å²) in [5.41, 5.74) is 3.65. The lowest BCUT2D eigenvalue weighted by Crippen LogP contribution is -2.36. The van der Waals surface area contributed by atoms with Crippen LogP contribution in [0.4, 0.5) is 10.5 Å². The Balaban J connectivity index is 1.54. The first kappa shape index (κ1) is 21.9. The molecule has 32 heavy (non-hydrogen) atoms. The molecule has 0 radical (unpaired) electrons. The highest BCUT2D eigenvalue weighted by Gasteiger charge is 2.34. The Hall–Kier alpha value is -3.30.